The van der Waals surface area contributed by atoms with E-state index in [1.807, 2.05) is 0 Å². The van der Waals surface area contributed by atoms with Crippen LogP contribution in [0.1, 0.15) is 0 Å². The molecule has 0 N–H and O–H groups in total. The van der Waals surface area contributed by atoms with E-state index in [0.717, 1.165) is 7.87 Å². The van der Waals surface area contributed by atoms with Crippen molar-refractivity contribution in [1.82, 2.24) is 0 Å². The Bertz CT molecular complexity index is 25.0. The van der Waals surface area contributed by atoms with Gasteiger partial charge in [0.1, 0.15) is 0 Å². The topological polar surface area (TPSA) is 0 Å². The second-order valence-electron chi connectivity index (χ2n) is 0.312. The Balaban J connectivity index is 2.73. The van der Waals surface area contributed by atoms with Crippen LogP contribution in [0, 0.1) is 0 Å². The normalized spacial score (nSPS) is 7.00. The van der Waals surface area contributed by atoms with Crippen LogP contribution in [-0.2, 0) is 0 Å². The van der Waals surface area contributed by atoms with Gasteiger partial charge < -0.3 is 0 Å². The van der Waals surface area contributed by atoms with Crippen molar-refractivity contribution in [2.75, 3.05) is 0 Å². The summed E-state index contributed by atoms with van der Waals surface area (Å²) in [5, 5.41) is 0. The maximum Gasteiger partial charge on any atom is -0.0379 e. The molecule has 0 aliphatic carbocycles. The highest BCUT2D eigenvalue weighted by Crippen LogP contribution is 1.97. The largest absolute Gasteiger partial charge is 0.0942 e. The molecule has 0 rings (SSSR count). The Morgan fingerprint density at radius 3 is 2.25 bits per heavy atom. The van der Waals surface area contributed by atoms with Gasteiger partial charge in [0.05, 0.1) is 0 Å². The van der Waals surface area contributed by atoms with Crippen LogP contribution in [0.4, 0.5) is 0 Å². The van der Waals surface area contributed by atoms with Crippen molar-refractivity contribution < 1.29 is 0 Å². The van der Waals surface area contributed by atoms with Crippen LogP contribution in [0.3, 0.4) is 0 Å². The minimum Gasteiger partial charge on any atom is -0.0942 e. The van der Waals surface area contributed by atoms with Crippen LogP contribution in [0.2, 0.25) is 0 Å². The highest BCUT2D eigenvalue weighted by atomic mass is 31.7. The first-order chi connectivity index (χ1) is 1.91. The van der Waals surface area contributed by atoms with Gasteiger partial charge in [0.25, 0.3) is 0 Å². The zero-order chi connectivity index (χ0) is 3.41. The number of hydrogen-bond donors (Lipinski definition) is 0. The molecule has 0 unspecified atom stereocenters. The van der Waals surface area contributed by atoms with Crippen LogP contribution in [-0.4, -0.2) is 0 Å². The van der Waals surface area contributed by atoms with Gasteiger partial charge in [-0.05, 0) is 5.82 Å². The lowest BCUT2D eigenvalue weighted by Gasteiger charge is -1.42. The molecule has 0 radical (unpaired) electrons. The van der Waals surface area contributed by atoms with Gasteiger partial charge in [0.15, 0.2) is 0 Å². The van der Waals surface area contributed by atoms with Gasteiger partial charge >= 0.3 is 0 Å². The maximum atomic E-state index is 3.42. The minimum absolute atomic E-state index is 1.07. The SMILES string of the molecule is C=CP=P. The molecule has 0 spiro atoms. The Morgan fingerprint density at radius 2 is 2.25 bits per heavy atom. The van der Waals surface area contributed by atoms with Gasteiger partial charge in [-0.1, -0.05) is 23.0 Å². The molecule has 0 aromatic heterocycles. The van der Waals surface area contributed by atoms with E-state index in [1.54, 1.807) is 5.82 Å². The third-order valence-electron chi connectivity index (χ3n) is 0.0913. The predicted molar refractivity (Wildman–Crippen MR) is 25.4 cm³/mol. The van der Waals surface area contributed by atoms with Crippen molar-refractivity contribution in [2.24, 2.45) is 0 Å². The van der Waals surface area contributed by atoms with Crippen molar-refractivity contribution in [3.05, 3.63) is 12.4 Å². The number of hydrogen-bond acceptors (Lipinski definition) is 0. The van der Waals surface area contributed by atoms with E-state index >= 15 is 0 Å². The molecule has 0 bridgehead atoms. The Hall–Kier alpha value is 0.340. The van der Waals surface area contributed by atoms with Crippen LogP contribution < -0.4 is 0 Å². The molecule has 0 amide bonds. The van der Waals surface area contributed by atoms with E-state index in [1.165, 1.54) is 0 Å². The third kappa shape index (κ3) is 2.34. The van der Waals surface area contributed by atoms with E-state index in [-0.39, 0.29) is 0 Å². The van der Waals surface area contributed by atoms with Gasteiger partial charge in [-0.3, -0.25) is 0 Å². The maximum absolute atomic E-state index is 3.42. The molecule has 0 heterocycles. The summed E-state index contributed by atoms with van der Waals surface area (Å²) in [4.78, 5) is 0. The molecule has 0 atom stereocenters. The molecule has 0 aromatic rings. The molecule has 4 heavy (non-hydrogen) atoms. The third-order valence-corrected chi connectivity index (χ3v) is 0.822. The average molecular weight is 90.0 g/mol. The van der Waals surface area contributed by atoms with E-state index in [0.29, 0.717) is 0 Å². The summed E-state index contributed by atoms with van der Waals surface area (Å²) in [5.74, 6) is 1.76. The zero-order valence-corrected chi connectivity index (χ0v) is 4.13. The van der Waals surface area contributed by atoms with Crippen molar-refractivity contribution in [3.8, 4) is 0 Å². The minimum atomic E-state index is 1.07. The van der Waals surface area contributed by atoms with Crippen LogP contribution in [0.15, 0.2) is 12.4 Å². The molecular weight excluding hydrogens is 86.0 g/mol. The standard InChI is InChI=1S/C2H4P2/c1-2-4-3/h2-3H,1H2. The fourth-order valence-electron chi connectivity index (χ4n) is 0. The fraction of sp³-hybridized carbons (Fsp3) is 0. The average Bonchev–Trinajstić information content (AvgIpc) is 1.37. The molecule has 0 fully saturated rings. The number of rotatable bonds is 1. The molecule has 0 nitrogen and oxygen atoms in total. The highest BCUT2D eigenvalue weighted by Gasteiger charge is 1.31. The van der Waals surface area contributed by atoms with E-state index in [4.69, 9.17) is 0 Å². The molecule has 0 aliphatic rings. The molecule has 0 aromatic carbocycles. The first-order valence-corrected chi connectivity index (χ1v) is 3.20. The second kappa shape index (κ2) is 3.34. The Morgan fingerprint density at radius 1 is 2.00 bits per heavy atom. The quantitative estimate of drug-likeness (QED) is 0.432. The lowest BCUT2D eigenvalue weighted by molar-refractivity contribution is 2.67. The van der Waals surface area contributed by atoms with Crippen molar-refractivity contribution in [3.63, 3.8) is 0 Å². The van der Waals surface area contributed by atoms with Crippen LogP contribution >= 0.6 is 16.4 Å². The summed E-state index contributed by atoms with van der Waals surface area (Å²) in [6.45, 7) is 3.42. The molecule has 2 heteroatoms. The van der Waals surface area contributed by atoms with Crippen molar-refractivity contribution >= 4 is 16.4 Å². The summed E-state index contributed by atoms with van der Waals surface area (Å²) in [7, 11) is 4.21. The Kier molecular flexibility index (Phi) is 3.62. The molecule has 22 valence electrons. The van der Waals surface area contributed by atoms with Gasteiger partial charge in [-0.25, -0.2) is 0 Å². The smallest absolute Gasteiger partial charge is 0.0379 e. The molecule has 0 saturated carbocycles. The summed E-state index contributed by atoms with van der Waals surface area (Å²) in [6, 6.07) is 0. The summed E-state index contributed by atoms with van der Waals surface area (Å²) in [6.07, 6.45) is 0. The van der Waals surface area contributed by atoms with E-state index < -0.39 is 0 Å². The molecular formula is C2H4P2. The first kappa shape index (κ1) is 4.34. The van der Waals surface area contributed by atoms with Crippen LogP contribution in [0.25, 0.3) is 0 Å². The summed E-state index contributed by atoms with van der Waals surface area (Å²) >= 11 is 0. The first-order valence-electron chi connectivity index (χ1n) is 0.890. The van der Waals surface area contributed by atoms with E-state index in [9.17, 15) is 0 Å². The summed E-state index contributed by atoms with van der Waals surface area (Å²) < 4.78 is 0. The lowest BCUT2D eigenvalue weighted by atomic mass is 11.3. The summed E-state index contributed by atoms with van der Waals surface area (Å²) in [5.41, 5.74) is 0. The monoisotopic (exact) mass is 90.0 g/mol. The second-order valence-corrected chi connectivity index (χ2v) is 1.71. The van der Waals surface area contributed by atoms with Gasteiger partial charge in [0.2, 0.25) is 0 Å². The van der Waals surface area contributed by atoms with Gasteiger partial charge in [-0.15, -0.1) is 0 Å². The van der Waals surface area contributed by atoms with Crippen molar-refractivity contribution in [1.29, 1.82) is 0 Å². The van der Waals surface area contributed by atoms with Crippen LogP contribution in [0.5, 0.6) is 0 Å². The van der Waals surface area contributed by atoms with Crippen molar-refractivity contribution in [2.45, 2.75) is 0 Å². The van der Waals surface area contributed by atoms with Gasteiger partial charge in [0, 0.05) is 0 Å². The fourth-order valence-corrected chi connectivity index (χ4v) is 0. The predicted octanol–water partition coefficient (Wildman–Crippen LogP) is 2.13. The Labute approximate surface area is 29.8 Å². The molecule has 0 aliphatic heterocycles. The zero-order valence-electron chi connectivity index (χ0n) is 2.23. The van der Waals surface area contributed by atoms with E-state index in [2.05, 4.69) is 15.1 Å². The lowest BCUT2D eigenvalue weighted by Crippen LogP contribution is -0.949. The highest BCUT2D eigenvalue weighted by molar-refractivity contribution is 7.76. The molecule has 0 saturated heterocycles. The van der Waals surface area contributed by atoms with Gasteiger partial charge in [-0.2, -0.15) is 0 Å².